The lowest BCUT2D eigenvalue weighted by Crippen LogP contribution is -2.43. The second-order valence-corrected chi connectivity index (χ2v) is 6.17. The number of hydrogen-bond acceptors (Lipinski definition) is 8. The molecule has 11 nitrogen and oxygen atoms in total. The zero-order chi connectivity index (χ0) is 20.2. The van der Waals surface area contributed by atoms with E-state index in [2.05, 4.69) is 5.32 Å². The zero-order valence-electron chi connectivity index (χ0n) is 15.3. The Balaban J connectivity index is 2.11. The number of hydrogen-bond donors (Lipinski definition) is 3. The number of carbonyl (C=O) groups excluding carboxylic acids is 5. The van der Waals surface area contributed by atoms with Crippen LogP contribution in [0.3, 0.4) is 0 Å². The van der Waals surface area contributed by atoms with Gasteiger partial charge in [-0.15, -0.1) is 5.06 Å². The van der Waals surface area contributed by atoms with Gasteiger partial charge in [-0.25, -0.2) is 4.79 Å². The molecule has 0 bridgehead atoms. The molecule has 0 atom stereocenters. The van der Waals surface area contributed by atoms with Gasteiger partial charge < -0.3 is 21.6 Å². The maximum absolute atomic E-state index is 11.8. The molecule has 0 aromatic heterocycles. The Bertz CT molecular complexity index is 552. The highest BCUT2D eigenvalue weighted by molar-refractivity contribution is 6.01. The highest BCUT2D eigenvalue weighted by Crippen LogP contribution is 2.13. The van der Waals surface area contributed by atoms with Crippen molar-refractivity contribution >= 4 is 29.6 Å². The minimum atomic E-state index is -0.633. The molecule has 11 heteroatoms. The van der Waals surface area contributed by atoms with Gasteiger partial charge in [-0.1, -0.05) is 6.42 Å². The molecule has 1 aliphatic rings. The minimum Gasteiger partial charge on any atom is -0.369 e. The summed E-state index contributed by atoms with van der Waals surface area (Å²) in [6.45, 7) is 1.12. The summed E-state index contributed by atoms with van der Waals surface area (Å²) in [5.74, 6) is -2.41. The predicted molar refractivity (Wildman–Crippen MR) is 93.3 cm³/mol. The maximum atomic E-state index is 11.8. The number of carbonyl (C=O) groups is 5. The number of hydroxylamine groups is 2. The van der Waals surface area contributed by atoms with Gasteiger partial charge in [-0.05, 0) is 12.8 Å². The van der Waals surface area contributed by atoms with Crippen molar-refractivity contribution in [3.8, 4) is 0 Å². The van der Waals surface area contributed by atoms with Crippen molar-refractivity contribution < 1.29 is 28.8 Å². The van der Waals surface area contributed by atoms with E-state index in [4.69, 9.17) is 16.3 Å². The normalized spacial score (nSPS) is 13.9. The molecule has 0 aliphatic carbocycles. The lowest BCUT2D eigenvalue weighted by molar-refractivity contribution is -0.197. The maximum Gasteiger partial charge on any atom is 0.333 e. The molecular weight excluding hydrogens is 358 g/mol. The summed E-state index contributed by atoms with van der Waals surface area (Å²) in [7, 11) is 0. The molecule has 4 amide bonds. The van der Waals surface area contributed by atoms with E-state index >= 15 is 0 Å². The smallest absolute Gasteiger partial charge is 0.333 e. The Morgan fingerprint density at radius 2 is 1.74 bits per heavy atom. The standard InChI is InChI=1S/C16H27N5O6/c17-7-9-20(10-12(18)22)11-13(23)19-8-3-1-2-4-16(26)27-21-14(24)5-6-15(21)25/h1-11,17H2,(H2,18,22)(H,19,23). The molecule has 5 N–H and O–H groups in total. The summed E-state index contributed by atoms with van der Waals surface area (Å²) in [5.41, 5.74) is 10.5. The van der Waals surface area contributed by atoms with Gasteiger partial charge in [-0.2, -0.15) is 0 Å². The summed E-state index contributed by atoms with van der Waals surface area (Å²) in [6.07, 6.45) is 2.01. The van der Waals surface area contributed by atoms with Gasteiger partial charge in [-0.3, -0.25) is 24.1 Å². The summed E-state index contributed by atoms with van der Waals surface area (Å²) in [4.78, 5) is 63.3. The van der Waals surface area contributed by atoms with Crippen LogP contribution in [0, 0.1) is 0 Å². The lowest BCUT2D eigenvalue weighted by atomic mass is 10.2. The third kappa shape index (κ3) is 9.11. The average Bonchev–Trinajstić information content (AvgIpc) is 2.89. The molecular formula is C16H27N5O6. The summed E-state index contributed by atoms with van der Waals surface area (Å²) in [5, 5.41) is 3.25. The topological polar surface area (TPSA) is 165 Å². The van der Waals surface area contributed by atoms with Crippen LogP contribution in [-0.4, -0.2) is 72.3 Å². The van der Waals surface area contributed by atoms with Crippen LogP contribution in [0.15, 0.2) is 0 Å². The summed E-state index contributed by atoms with van der Waals surface area (Å²) >= 11 is 0. The fourth-order valence-corrected chi connectivity index (χ4v) is 2.48. The van der Waals surface area contributed by atoms with Crippen molar-refractivity contribution in [1.82, 2.24) is 15.3 Å². The third-order valence-corrected chi connectivity index (χ3v) is 3.77. The lowest BCUT2D eigenvalue weighted by Gasteiger charge is -2.19. The number of nitrogens with zero attached hydrogens (tertiary/aromatic N) is 2. The van der Waals surface area contributed by atoms with Crippen molar-refractivity contribution in [3.63, 3.8) is 0 Å². The fraction of sp³-hybridized carbons (Fsp3) is 0.688. The van der Waals surface area contributed by atoms with Crippen LogP contribution in [0.5, 0.6) is 0 Å². The van der Waals surface area contributed by atoms with Crippen molar-refractivity contribution in [2.75, 3.05) is 32.7 Å². The van der Waals surface area contributed by atoms with Crippen molar-refractivity contribution in [3.05, 3.63) is 0 Å². The average molecular weight is 385 g/mol. The van der Waals surface area contributed by atoms with Gasteiger partial charge in [0.05, 0.1) is 13.1 Å². The van der Waals surface area contributed by atoms with Crippen molar-refractivity contribution in [1.29, 1.82) is 0 Å². The van der Waals surface area contributed by atoms with Crippen LogP contribution in [0.4, 0.5) is 0 Å². The number of unbranched alkanes of at least 4 members (excludes halogenated alkanes) is 2. The van der Waals surface area contributed by atoms with Crippen LogP contribution in [-0.2, 0) is 28.8 Å². The second-order valence-electron chi connectivity index (χ2n) is 6.17. The van der Waals surface area contributed by atoms with Gasteiger partial charge in [0.25, 0.3) is 11.8 Å². The van der Waals surface area contributed by atoms with Crippen LogP contribution in [0.1, 0.15) is 38.5 Å². The molecule has 0 radical (unpaired) electrons. The SMILES string of the molecule is NCCN(CC(N)=O)CC(=O)NCCCCCC(=O)ON1C(=O)CCC1=O. The molecule has 1 fully saturated rings. The van der Waals surface area contributed by atoms with E-state index in [9.17, 15) is 24.0 Å². The minimum absolute atomic E-state index is 0.0321. The molecule has 0 spiro atoms. The van der Waals surface area contributed by atoms with E-state index in [-0.39, 0.29) is 38.3 Å². The molecule has 152 valence electrons. The molecule has 0 unspecified atom stereocenters. The first kappa shape index (κ1) is 22.5. The Hall–Kier alpha value is -2.53. The Kier molecular flexibility index (Phi) is 9.98. The van der Waals surface area contributed by atoms with Crippen LogP contribution in [0.25, 0.3) is 0 Å². The van der Waals surface area contributed by atoms with E-state index in [0.717, 1.165) is 0 Å². The van der Waals surface area contributed by atoms with Gasteiger partial charge in [0.1, 0.15) is 0 Å². The quantitative estimate of drug-likeness (QED) is 0.242. The molecule has 1 heterocycles. The number of nitrogens with one attached hydrogen (secondary N) is 1. The van der Waals surface area contributed by atoms with Crippen LogP contribution >= 0.6 is 0 Å². The first-order chi connectivity index (χ1) is 12.8. The molecule has 1 aliphatic heterocycles. The van der Waals surface area contributed by atoms with E-state index in [1.165, 1.54) is 0 Å². The van der Waals surface area contributed by atoms with Crippen LogP contribution in [0.2, 0.25) is 0 Å². The Labute approximate surface area is 157 Å². The monoisotopic (exact) mass is 385 g/mol. The summed E-state index contributed by atoms with van der Waals surface area (Å²) < 4.78 is 0. The molecule has 0 aromatic rings. The highest BCUT2D eigenvalue weighted by atomic mass is 16.7. The van der Waals surface area contributed by atoms with Gasteiger partial charge in [0, 0.05) is 38.9 Å². The van der Waals surface area contributed by atoms with Crippen LogP contribution < -0.4 is 16.8 Å². The number of amides is 4. The fourth-order valence-electron chi connectivity index (χ4n) is 2.48. The number of primary amides is 1. The predicted octanol–water partition coefficient (Wildman–Crippen LogP) is -1.98. The largest absolute Gasteiger partial charge is 0.369 e. The number of rotatable bonds is 13. The number of nitrogens with two attached hydrogens (primary N) is 2. The molecule has 1 rings (SSSR count). The third-order valence-electron chi connectivity index (χ3n) is 3.77. The molecule has 0 saturated carbocycles. The molecule has 0 aromatic carbocycles. The van der Waals surface area contributed by atoms with Gasteiger partial charge in [0.2, 0.25) is 11.8 Å². The van der Waals surface area contributed by atoms with E-state index in [1.807, 2.05) is 0 Å². The molecule has 1 saturated heterocycles. The van der Waals surface area contributed by atoms with Crippen molar-refractivity contribution in [2.24, 2.45) is 11.5 Å². The van der Waals surface area contributed by atoms with E-state index in [1.54, 1.807) is 4.90 Å². The summed E-state index contributed by atoms with van der Waals surface area (Å²) in [6, 6.07) is 0. The first-order valence-electron chi connectivity index (χ1n) is 8.87. The zero-order valence-corrected chi connectivity index (χ0v) is 15.3. The van der Waals surface area contributed by atoms with E-state index in [0.29, 0.717) is 44.0 Å². The Morgan fingerprint density at radius 1 is 1.07 bits per heavy atom. The second kappa shape index (κ2) is 12.0. The van der Waals surface area contributed by atoms with Crippen molar-refractivity contribution in [2.45, 2.75) is 38.5 Å². The highest BCUT2D eigenvalue weighted by Gasteiger charge is 2.32. The van der Waals surface area contributed by atoms with E-state index < -0.39 is 23.7 Å². The van der Waals surface area contributed by atoms with Gasteiger partial charge in [0.15, 0.2) is 0 Å². The molecule has 27 heavy (non-hydrogen) atoms. The number of imide groups is 1. The Morgan fingerprint density at radius 3 is 2.33 bits per heavy atom. The first-order valence-corrected chi connectivity index (χ1v) is 8.87. The van der Waals surface area contributed by atoms with Gasteiger partial charge >= 0.3 is 5.97 Å².